The summed E-state index contributed by atoms with van der Waals surface area (Å²) in [5, 5.41) is 12.9. The zero-order valence-electron chi connectivity index (χ0n) is 15.5. The molecular weight excluding hydrogens is 289 g/mol. The second-order valence-corrected chi connectivity index (χ2v) is 5.75. The van der Waals surface area contributed by atoms with Crippen LogP contribution in [0.2, 0.25) is 0 Å². The van der Waals surface area contributed by atoms with E-state index in [4.69, 9.17) is 1.37 Å². The minimum atomic E-state index is -1.24. The van der Waals surface area contributed by atoms with Crippen LogP contribution < -0.4 is 40.0 Å². The quantitative estimate of drug-likeness (QED) is 0.360. The van der Waals surface area contributed by atoms with Crippen LogP contribution in [0.4, 0.5) is 0 Å². The Labute approximate surface area is 159 Å². The summed E-state index contributed by atoms with van der Waals surface area (Å²) in [5.74, 6) is -1.45. The molecule has 1 amide bonds. The first-order valence-electron chi connectivity index (χ1n) is 9.08. The smallest absolute Gasteiger partial charge is 0.548 e. The van der Waals surface area contributed by atoms with Gasteiger partial charge in [0.1, 0.15) is 0 Å². The molecule has 0 fully saturated rings. The predicted molar refractivity (Wildman–Crippen MR) is 83.7 cm³/mol. The van der Waals surface area contributed by atoms with Crippen molar-refractivity contribution in [3.05, 3.63) is 0 Å². The fraction of sp³-hybridized carbons (Fsp3) is 0.882. The van der Waals surface area contributed by atoms with E-state index in [0.717, 1.165) is 25.7 Å². The molecule has 0 aromatic heterocycles. The Morgan fingerprint density at radius 1 is 0.955 bits per heavy atom. The van der Waals surface area contributed by atoms with E-state index < -0.39 is 12.0 Å². The maximum absolute atomic E-state index is 11.4. The minimum absolute atomic E-state index is 0. The number of carboxylic acids is 1. The first kappa shape index (κ1) is 21.9. The number of carbonyl (C=O) groups excluding carboxylic acids is 2. The van der Waals surface area contributed by atoms with Gasteiger partial charge in [-0.3, -0.25) is 4.79 Å². The fourth-order valence-electron chi connectivity index (χ4n) is 2.25. The maximum Gasteiger partial charge on any atom is 1.00 e. The van der Waals surface area contributed by atoms with Crippen molar-refractivity contribution in [2.45, 2.75) is 96.9 Å². The molecule has 124 valence electrons. The summed E-state index contributed by atoms with van der Waals surface area (Å²) in [4.78, 5) is 21.9. The number of hydrogen-bond acceptors (Lipinski definition) is 3. The monoisotopic (exact) mass is 322 g/mol. The molecule has 4 nitrogen and oxygen atoms in total. The van der Waals surface area contributed by atoms with Crippen LogP contribution in [0.3, 0.4) is 0 Å². The van der Waals surface area contributed by atoms with Crippen molar-refractivity contribution in [2.24, 2.45) is 0 Å². The van der Waals surface area contributed by atoms with E-state index in [0.29, 0.717) is 13.3 Å². The van der Waals surface area contributed by atoms with Crippen molar-refractivity contribution < 1.29 is 45.6 Å². The number of carboxylic acid groups (broad SMARTS) is 1. The molecule has 5 heteroatoms. The number of aliphatic carboxylic acids is 1. The summed E-state index contributed by atoms with van der Waals surface area (Å²) in [7, 11) is 0. The third-order valence-electron chi connectivity index (χ3n) is 3.63. The SMILES string of the molecule is [2H]CCCCCCCCCCCCCC(=O)N[C@@H](C)C(=O)[O-].[Na+]. The number of rotatable bonds is 14. The van der Waals surface area contributed by atoms with Crippen molar-refractivity contribution >= 4 is 11.9 Å². The first-order chi connectivity index (χ1) is 10.6. The van der Waals surface area contributed by atoms with Crippen molar-refractivity contribution in [2.75, 3.05) is 0 Å². The number of amides is 1. The summed E-state index contributed by atoms with van der Waals surface area (Å²) in [6.07, 6.45) is 13.2. The molecule has 0 aliphatic rings. The van der Waals surface area contributed by atoms with Crippen molar-refractivity contribution in [3.8, 4) is 0 Å². The Kier molecular flexibility index (Phi) is 17.2. The molecule has 0 spiro atoms. The van der Waals surface area contributed by atoms with Gasteiger partial charge in [0.2, 0.25) is 5.91 Å². The van der Waals surface area contributed by atoms with Gasteiger partial charge in [-0.1, -0.05) is 71.1 Å². The van der Waals surface area contributed by atoms with Gasteiger partial charge in [-0.25, -0.2) is 0 Å². The second kappa shape index (κ2) is 17.3. The van der Waals surface area contributed by atoms with Gasteiger partial charge in [0.05, 0.1) is 12.0 Å². The van der Waals surface area contributed by atoms with Gasteiger partial charge in [-0.2, -0.15) is 0 Å². The van der Waals surface area contributed by atoms with Gasteiger partial charge in [0.25, 0.3) is 0 Å². The molecule has 1 atom stereocenters. The van der Waals surface area contributed by atoms with E-state index in [1.54, 1.807) is 0 Å². The van der Waals surface area contributed by atoms with Crippen LogP contribution in [0.1, 0.15) is 92.2 Å². The Balaban J connectivity index is 0. The van der Waals surface area contributed by atoms with E-state index in [1.165, 1.54) is 51.9 Å². The van der Waals surface area contributed by atoms with E-state index in [-0.39, 0.29) is 35.5 Å². The van der Waals surface area contributed by atoms with Crippen LogP contribution in [0.5, 0.6) is 0 Å². The van der Waals surface area contributed by atoms with Crippen molar-refractivity contribution in [1.82, 2.24) is 5.32 Å². The summed E-state index contributed by atoms with van der Waals surface area (Å²) in [6.45, 7) is 1.98. The standard InChI is InChI=1S/C17H33NO3.Na/c1-3-4-5-6-7-8-9-10-11-12-13-14-16(19)18-15(2)17(20)21;/h15H,3-14H2,1-2H3,(H,18,19)(H,20,21);/q;+1/p-1/t15-;/m0./s1/i1D;. The normalized spacial score (nSPS) is 12.1. The van der Waals surface area contributed by atoms with E-state index in [1.807, 2.05) is 0 Å². The van der Waals surface area contributed by atoms with Crippen LogP contribution in [0.25, 0.3) is 0 Å². The molecule has 22 heavy (non-hydrogen) atoms. The van der Waals surface area contributed by atoms with Gasteiger partial charge in [-0.15, -0.1) is 0 Å². The summed E-state index contributed by atoms with van der Waals surface area (Å²) < 4.78 is 7.05. The van der Waals surface area contributed by atoms with E-state index in [9.17, 15) is 14.7 Å². The van der Waals surface area contributed by atoms with Crippen LogP contribution in [-0.4, -0.2) is 17.9 Å². The third kappa shape index (κ3) is 16.3. The Bertz CT molecular complexity index is 304. The Morgan fingerprint density at radius 3 is 1.86 bits per heavy atom. The largest absolute Gasteiger partial charge is 1.00 e. The zero-order valence-corrected chi connectivity index (χ0v) is 16.5. The Morgan fingerprint density at radius 2 is 1.41 bits per heavy atom. The molecule has 0 aromatic rings. The molecule has 1 N–H and O–H groups in total. The molecule has 0 bridgehead atoms. The maximum atomic E-state index is 11.4. The first-order valence-corrected chi connectivity index (χ1v) is 8.37. The molecule has 0 aromatic carbocycles. The van der Waals surface area contributed by atoms with E-state index >= 15 is 0 Å². The molecule has 0 rings (SSSR count). The van der Waals surface area contributed by atoms with Gasteiger partial charge >= 0.3 is 29.6 Å². The molecule has 0 aliphatic heterocycles. The topological polar surface area (TPSA) is 69.2 Å². The van der Waals surface area contributed by atoms with Gasteiger partial charge in [0.15, 0.2) is 0 Å². The molecule has 0 heterocycles. The van der Waals surface area contributed by atoms with Crippen molar-refractivity contribution in [1.29, 1.82) is 0 Å². The van der Waals surface area contributed by atoms with Crippen molar-refractivity contribution in [3.63, 3.8) is 0 Å². The average Bonchev–Trinajstić information content (AvgIpc) is 2.48. The second-order valence-electron chi connectivity index (χ2n) is 5.75. The fourth-order valence-corrected chi connectivity index (χ4v) is 2.25. The van der Waals surface area contributed by atoms with Crippen LogP contribution >= 0.6 is 0 Å². The molecular formula is C17H32NNaO3. The number of hydrogen-bond donors (Lipinski definition) is 1. The molecule has 0 aliphatic carbocycles. The molecule has 0 unspecified atom stereocenters. The van der Waals surface area contributed by atoms with Gasteiger partial charge < -0.3 is 15.2 Å². The van der Waals surface area contributed by atoms with Gasteiger partial charge in [0, 0.05) is 7.79 Å². The minimum Gasteiger partial charge on any atom is -0.548 e. The summed E-state index contributed by atoms with van der Waals surface area (Å²) in [6, 6.07) is -0.909. The number of nitrogens with one attached hydrogen (secondary N) is 1. The number of unbranched alkanes of at least 4 members (excludes halogenated alkanes) is 10. The summed E-state index contributed by atoms with van der Waals surface area (Å²) >= 11 is 0. The summed E-state index contributed by atoms with van der Waals surface area (Å²) in [5.41, 5.74) is 0. The average molecular weight is 322 g/mol. The van der Waals surface area contributed by atoms with Crippen LogP contribution in [-0.2, 0) is 9.59 Å². The Hall–Kier alpha value is -0.0600. The molecule has 0 radical (unpaired) electrons. The molecule has 0 saturated carbocycles. The van der Waals surface area contributed by atoms with Gasteiger partial charge in [-0.05, 0) is 13.3 Å². The van der Waals surface area contributed by atoms with Crippen LogP contribution in [0.15, 0.2) is 0 Å². The van der Waals surface area contributed by atoms with E-state index in [2.05, 4.69) is 5.32 Å². The third-order valence-corrected chi connectivity index (χ3v) is 3.63. The molecule has 0 saturated heterocycles. The number of carbonyl (C=O) groups is 2. The zero-order chi connectivity index (χ0) is 16.6. The van der Waals surface area contributed by atoms with Crippen LogP contribution in [0, 0.1) is 0 Å². The predicted octanol–water partition coefficient (Wildman–Crippen LogP) is -0.0539.